The van der Waals surface area contributed by atoms with E-state index in [9.17, 15) is 0 Å². The van der Waals surface area contributed by atoms with E-state index in [0.29, 0.717) is 18.1 Å². The van der Waals surface area contributed by atoms with Gasteiger partial charge in [0.05, 0.1) is 6.04 Å². The summed E-state index contributed by atoms with van der Waals surface area (Å²) in [7, 11) is 0. The topological polar surface area (TPSA) is 51.2 Å². The number of furan rings is 1. The lowest BCUT2D eigenvalue weighted by Crippen LogP contribution is -2.44. The van der Waals surface area contributed by atoms with Gasteiger partial charge in [0.2, 0.25) is 0 Å². The molecule has 0 aliphatic carbocycles. The van der Waals surface area contributed by atoms with Crippen LogP contribution in [0.25, 0.3) is 0 Å². The third-order valence-electron chi connectivity index (χ3n) is 2.79. The fourth-order valence-electron chi connectivity index (χ4n) is 2.17. The molecular formula is C11H18N2O. The van der Waals surface area contributed by atoms with Gasteiger partial charge >= 0.3 is 0 Å². The van der Waals surface area contributed by atoms with Crippen molar-refractivity contribution in [1.29, 1.82) is 0 Å². The van der Waals surface area contributed by atoms with Crippen molar-refractivity contribution in [3.63, 3.8) is 0 Å². The number of rotatable bonds is 1. The Morgan fingerprint density at radius 1 is 1.43 bits per heavy atom. The standard InChI is InChI=1S/C11H18N2O/c1-7-5-9(12)6-10(13-7)11-4-3-8(2)14-11/h3-4,7,9-10,13H,5-6,12H2,1-2H3/t7-,9+,10-/m0/s1. The fourth-order valence-corrected chi connectivity index (χ4v) is 2.17. The van der Waals surface area contributed by atoms with Gasteiger partial charge < -0.3 is 15.5 Å². The Morgan fingerprint density at radius 2 is 2.21 bits per heavy atom. The second-order valence-corrected chi connectivity index (χ2v) is 4.30. The summed E-state index contributed by atoms with van der Waals surface area (Å²) in [6.07, 6.45) is 2.02. The molecular weight excluding hydrogens is 176 g/mol. The van der Waals surface area contributed by atoms with Crippen LogP contribution in [0.5, 0.6) is 0 Å². The van der Waals surface area contributed by atoms with Crippen molar-refractivity contribution >= 4 is 0 Å². The molecule has 3 atom stereocenters. The molecule has 1 fully saturated rings. The highest BCUT2D eigenvalue weighted by atomic mass is 16.3. The number of hydrogen-bond acceptors (Lipinski definition) is 3. The van der Waals surface area contributed by atoms with E-state index in [4.69, 9.17) is 10.2 Å². The van der Waals surface area contributed by atoms with Crippen LogP contribution in [-0.4, -0.2) is 12.1 Å². The Morgan fingerprint density at radius 3 is 2.79 bits per heavy atom. The third-order valence-corrected chi connectivity index (χ3v) is 2.79. The Labute approximate surface area is 84.7 Å². The van der Waals surface area contributed by atoms with E-state index >= 15 is 0 Å². The van der Waals surface area contributed by atoms with Gasteiger partial charge in [0.25, 0.3) is 0 Å². The van der Waals surface area contributed by atoms with Gasteiger partial charge in [0.1, 0.15) is 11.5 Å². The zero-order valence-corrected chi connectivity index (χ0v) is 8.79. The van der Waals surface area contributed by atoms with Crippen molar-refractivity contribution in [3.05, 3.63) is 23.7 Å². The highest BCUT2D eigenvalue weighted by molar-refractivity contribution is 5.11. The van der Waals surface area contributed by atoms with Gasteiger partial charge in [-0.25, -0.2) is 0 Å². The normalized spacial score (nSPS) is 33.2. The van der Waals surface area contributed by atoms with Gasteiger partial charge in [0.15, 0.2) is 0 Å². The summed E-state index contributed by atoms with van der Waals surface area (Å²) in [5, 5.41) is 3.50. The molecule has 0 unspecified atom stereocenters. The van der Waals surface area contributed by atoms with E-state index in [2.05, 4.69) is 12.2 Å². The zero-order valence-electron chi connectivity index (χ0n) is 8.79. The molecule has 2 heterocycles. The first kappa shape index (κ1) is 9.74. The van der Waals surface area contributed by atoms with Crippen LogP contribution in [0, 0.1) is 6.92 Å². The van der Waals surface area contributed by atoms with Gasteiger partial charge in [0, 0.05) is 12.1 Å². The van der Waals surface area contributed by atoms with Crippen LogP contribution in [0.15, 0.2) is 16.5 Å². The van der Waals surface area contributed by atoms with Crippen molar-refractivity contribution in [2.45, 2.75) is 44.8 Å². The van der Waals surface area contributed by atoms with Crippen molar-refractivity contribution < 1.29 is 4.42 Å². The molecule has 78 valence electrons. The molecule has 2 rings (SSSR count). The van der Waals surface area contributed by atoms with Crippen molar-refractivity contribution in [1.82, 2.24) is 5.32 Å². The maximum atomic E-state index is 5.98. The largest absolute Gasteiger partial charge is 0.465 e. The lowest BCUT2D eigenvalue weighted by Gasteiger charge is -2.31. The van der Waals surface area contributed by atoms with E-state index < -0.39 is 0 Å². The molecule has 0 aromatic carbocycles. The van der Waals surface area contributed by atoms with Crippen molar-refractivity contribution in [2.75, 3.05) is 0 Å². The third kappa shape index (κ3) is 1.99. The summed E-state index contributed by atoms with van der Waals surface area (Å²) in [4.78, 5) is 0. The average molecular weight is 194 g/mol. The van der Waals surface area contributed by atoms with Gasteiger partial charge in [-0.1, -0.05) is 0 Å². The maximum Gasteiger partial charge on any atom is 0.121 e. The quantitative estimate of drug-likeness (QED) is 0.715. The van der Waals surface area contributed by atoms with Crippen molar-refractivity contribution in [2.24, 2.45) is 5.73 Å². The average Bonchev–Trinajstić information content (AvgIpc) is 2.50. The molecule has 3 N–H and O–H groups in total. The van der Waals surface area contributed by atoms with Gasteiger partial charge in [-0.05, 0) is 38.8 Å². The molecule has 0 radical (unpaired) electrons. The van der Waals surface area contributed by atoms with Crippen molar-refractivity contribution in [3.8, 4) is 0 Å². The molecule has 1 aliphatic rings. The first-order chi connectivity index (χ1) is 6.65. The predicted molar refractivity (Wildman–Crippen MR) is 56.0 cm³/mol. The first-order valence-electron chi connectivity index (χ1n) is 5.23. The minimum Gasteiger partial charge on any atom is -0.465 e. The van der Waals surface area contributed by atoms with E-state index in [0.717, 1.165) is 24.4 Å². The second-order valence-electron chi connectivity index (χ2n) is 4.30. The van der Waals surface area contributed by atoms with Crippen LogP contribution in [0.2, 0.25) is 0 Å². The number of nitrogens with two attached hydrogens (primary N) is 1. The summed E-state index contributed by atoms with van der Waals surface area (Å²) < 4.78 is 5.60. The van der Waals surface area contributed by atoms with E-state index in [1.807, 2.05) is 19.1 Å². The molecule has 1 saturated heterocycles. The van der Waals surface area contributed by atoms with Crippen LogP contribution in [-0.2, 0) is 0 Å². The minimum absolute atomic E-state index is 0.293. The molecule has 0 amide bonds. The Kier molecular flexibility index (Phi) is 2.61. The summed E-state index contributed by atoms with van der Waals surface area (Å²) in [5.74, 6) is 1.98. The lowest BCUT2D eigenvalue weighted by molar-refractivity contribution is 0.273. The SMILES string of the molecule is Cc1ccc([C@@H]2C[C@H](N)C[C@H](C)N2)o1. The predicted octanol–water partition coefficient (Wildman–Crippen LogP) is 1.73. The lowest BCUT2D eigenvalue weighted by atomic mass is 9.94. The smallest absolute Gasteiger partial charge is 0.121 e. The Bertz CT molecular complexity index is 298. The van der Waals surface area contributed by atoms with Crippen LogP contribution in [0.4, 0.5) is 0 Å². The summed E-state index contributed by atoms with van der Waals surface area (Å²) in [6.45, 7) is 4.14. The van der Waals surface area contributed by atoms with Gasteiger partial charge in [-0.15, -0.1) is 0 Å². The van der Waals surface area contributed by atoms with Crippen LogP contribution < -0.4 is 11.1 Å². The van der Waals surface area contributed by atoms with E-state index in [1.54, 1.807) is 0 Å². The maximum absolute atomic E-state index is 5.98. The molecule has 3 nitrogen and oxygen atoms in total. The molecule has 0 spiro atoms. The summed E-state index contributed by atoms with van der Waals surface area (Å²) in [5.41, 5.74) is 5.98. The highest BCUT2D eigenvalue weighted by Gasteiger charge is 2.26. The number of hydrogen-bond donors (Lipinski definition) is 2. The van der Waals surface area contributed by atoms with Crippen LogP contribution >= 0.6 is 0 Å². The van der Waals surface area contributed by atoms with E-state index in [1.165, 1.54) is 0 Å². The number of nitrogens with one attached hydrogen (secondary N) is 1. The van der Waals surface area contributed by atoms with E-state index in [-0.39, 0.29) is 0 Å². The summed E-state index contributed by atoms with van der Waals surface area (Å²) >= 11 is 0. The second kappa shape index (κ2) is 3.75. The Balaban J connectivity index is 2.10. The molecule has 1 aromatic heterocycles. The minimum atomic E-state index is 0.293. The summed E-state index contributed by atoms with van der Waals surface area (Å²) in [6, 6.07) is 5.11. The number of aryl methyl sites for hydroxylation is 1. The zero-order chi connectivity index (χ0) is 10.1. The molecule has 1 aliphatic heterocycles. The molecule has 14 heavy (non-hydrogen) atoms. The molecule has 0 bridgehead atoms. The molecule has 0 saturated carbocycles. The Hall–Kier alpha value is -0.800. The van der Waals surface area contributed by atoms with Crippen LogP contribution in [0.3, 0.4) is 0 Å². The molecule has 1 aromatic rings. The fraction of sp³-hybridized carbons (Fsp3) is 0.636. The highest BCUT2D eigenvalue weighted by Crippen LogP contribution is 2.26. The van der Waals surface area contributed by atoms with Gasteiger partial charge in [-0.3, -0.25) is 0 Å². The van der Waals surface area contributed by atoms with Crippen LogP contribution in [0.1, 0.15) is 37.3 Å². The monoisotopic (exact) mass is 194 g/mol. The van der Waals surface area contributed by atoms with Gasteiger partial charge in [-0.2, -0.15) is 0 Å². The first-order valence-corrected chi connectivity index (χ1v) is 5.23. The molecule has 3 heteroatoms. The number of piperidine rings is 1.